The van der Waals surface area contributed by atoms with Crippen LogP contribution in [0.3, 0.4) is 0 Å². The van der Waals surface area contributed by atoms with Crippen LogP contribution in [0.5, 0.6) is 0 Å². The fourth-order valence-corrected chi connectivity index (χ4v) is 2.06. The van der Waals surface area contributed by atoms with E-state index < -0.39 is 6.16 Å². The highest BCUT2D eigenvalue weighted by Gasteiger charge is 2.04. The summed E-state index contributed by atoms with van der Waals surface area (Å²) in [6.45, 7) is 7.17. The molecule has 0 aromatic heterocycles. The van der Waals surface area contributed by atoms with Crippen LogP contribution >= 0.6 is 0 Å². The smallest absolute Gasteiger partial charge is 0.434 e. The standard InChI is InChI=1S/C19H36O3/c1-4-5-6-7-8-9-10-11-12-13-14-15-16-21-19(20)22-17-18(2)3/h7-8,18H,4-6,9-17H2,1-3H3/b8-7-. The van der Waals surface area contributed by atoms with E-state index in [1.807, 2.05) is 13.8 Å². The number of unbranched alkanes of at least 4 members (excludes halogenated alkanes) is 8. The summed E-state index contributed by atoms with van der Waals surface area (Å²) in [7, 11) is 0. The lowest BCUT2D eigenvalue weighted by molar-refractivity contribution is 0.0465. The van der Waals surface area contributed by atoms with Crippen LogP contribution in [0.25, 0.3) is 0 Å². The van der Waals surface area contributed by atoms with Gasteiger partial charge in [-0.3, -0.25) is 0 Å². The molecule has 0 saturated heterocycles. The molecule has 0 spiro atoms. The van der Waals surface area contributed by atoms with Crippen LogP contribution in [-0.4, -0.2) is 19.4 Å². The van der Waals surface area contributed by atoms with E-state index in [-0.39, 0.29) is 0 Å². The Hall–Kier alpha value is -0.990. The SMILES string of the molecule is CCCC/C=C\CCCCCCCCOC(=O)OCC(C)C. The van der Waals surface area contributed by atoms with E-state index in [2.05, 4.69) is 19.1 Å². The monoisotopic (exact) mass is 312 g/mol. The lowest BCUT2D eigenvalue weighted by Gasteiger charge is -2.07. The van der Waals surface area contributed by atoms with Crippen LogP contribution in [0.1, 0.15) is 85.0 Å². The van der Waals surface area contributed by atoms with Crippen molar-refractivity contribution in [1.82, 2.24) is 0 Å². The third-order valence-corrected chi connectivity index (χ3v) is 3.41. The molecule has 0 heterocycles. The molecular formula is C19H36O3. The highest BCUT2D eigenvalue weighted by Crippen LogP contribution is 2.08. The molecule has 0 bridgehead atoms. The van der Waals surface area contributed by atoms with E-state index >= 15 is 0 Å². The molecule has 0 aliphatic heterocycles. The molecule has 0 aliphatic carbocycles. The summed E-state index contributed by atoms with van der Waals surface area (Å²) in [6, 6.07) is 0. The second-order valence-corrected chi connectivity index (χ2v) is 6.33. The topological polar surface area (TPSA) is 35.5 Å². The van der Waals surface area contributed by atoms with Crippen LogP contribution in [0, 0.1) is 5.92 Å². The van der Waals surface area contributed by atoms with Gasteiger partial charge in [-0.1, -0.05) is 71.4 Å². The van der Waals surface area contributed by atoms with Crippen LogP contribution in [0.15, 0.2) is 12.2 Å². The van der Waals surface area contributed by atoms with Crippen LogP contribution in [0.2, 0.25) is 0 Å². The lowest BCUT2D eigenvalue weighted by atomic mass is 10.1. The van der Waals surface area contributed by atoms with E-state index in [9.17, 15) is 4.79 Å². The van der Waals surface area contributed by atoms with E-state index in [1.54, 1.807) is 0 Å². The molecule has 0 fully saturated rings. The quantitative estimate of drug-likeness (QED) is 0.215. The van der Waals surface area contributed by atoms with Gasteiger partial charge in [0.2, 0.25) is 0 Å². The van der Waals surface area contributed by atoms with Crippen molar-refractivity contribution in [3.05, 3.63) is 12.2 Å². The normalized spacial score (nSPS) is 11.3. The van der Waals surface area contributed by atoms with Crippen molar-refractivity contribution < 1.29 is 14.3 Å². The average Bonchev–Trinajstić information content (AvgIpc) is 2.49. The van der Waals surface area contributed by atoms with Gasteiger partial charge in [-0.05, 0) is 31.6 Å². The van der Waals surface area contributed by atoms with E-state index in [0.717, 1.165) is 12.8 Å². The molecule has 0 unspecified atom stereocenters. The van der Waals surface area contributed by atoms with Crippen LogP contribution in [-0.2, 0) is 9.47 Å². The molecular weight excluding hydrogens is 276 g/mol. The predicted octanol–water partition coefficient (Wildman–Crippen LogP) is 6.27. The molecule has 0 radical (unpaired) electrons. The number of ether oxygens (including phenoxy) is 2. The molecule has 22 heavy (non-hydrogen) atoms. The van der Waals surface area contributed by atoms with Crippen molar-refractivity contribution in [2.45, 2.75) is 85.0 Å². The Morgan fingerprint density at radius 1 is 0.864 bits per heavy atom. The van der Waals surface area contributed by atoms with Crippen LogP contribution < -0.4 is 0 Å². The summed E-state index contributed by atoms with van der Waals surface area (Å²) < 4.78 is 9.96. The molecule has 0 aliphatic rings. The Bertz CT molecular complexity index is 272. The molecule has 0 atom stereocenters. The zero-order chi connectivity index (χ0) is 16.5. The molecule has 0 aromatic rings. The van der Waals surface area contributed by atoms with Crippen LogP contribution in [0.4, 0.5) is 4.79 Å². The van der Waals surface area contributed by atoms with Crippen molar-refractivity contribution in [2.24, 2.45) is 5.92 Å². The minimum absolute atomic E-state index is 0.356. The third-order valence-electron chi connectivity index (χ3n) is 3.41. The van der Waals surface area contributed by atoms with Gasteiger partial charge in [-0.2, -0.15) is 0 Å². The maximum atomic E-state index is 11.2. The number of hydrogen-bond acceptors (Lipinski definition) is 3. The Morgan fingerprint density at radius 3 is 2.09 bits per heavy atom. The van der Waals surface area contributed by atoms with Gasteiger partial charge < -0.3 is 9.47 Å². The second kappa shape index (κ2) is 16.4. The molecule has 130 valence electrons. The Labute approximate surface area is 137 Å². The Balaban J connectivity index is 3.17. The Kier molecular flexibility index (Phi) is 15.6. The van der Waals surface area contributed by atoms with Crippen molar-refractivity contribution in [3.63, 3.8) is 0 Å². The Morgan fingerprint density at radius 2 is 1.45 bits per heavy atom. The molecule has 0 N–H and O–H groups in total. The first kappa shape index (κ1) is 21.0. The van der Waals surface area contributed by atoms with E-state index in [4.69, 9.17) is 9.47 Å². The molecule has 0 amide bonds. The van der Waals surface area contributed by atoms with Gasteiger partial charge in [0.05, 0.1) is 13.2 Å². The highest BCUT2D eigenvalue weighted by molar-refractivity contribution is 5.59. The minimum atomic E-state index is -0.524. The van der Waals surface area contributed by atoms with Crippen molar-refractivity contribution in [1.29, 1.82) is 0 Å². The number of hydrogen-bond donors (Lipinski definition) is 0. The first-order valence-electron chi connectivity index (χ1n) is 9.11. The summed E-state index contributed by atoms with van der Waals surface area (Å²) in [4.78, 5) is 11.2. The number of carbonyl (C=O) groups excluding carboxylic acids is 1. The number of carbonyl (C=O) groups is 1. The average molecular weight is 312 g/mol. The molecule has 0 rings (SSSR count). The number of allylic oxidation sites excluding steroid dienone is 2. The zero-order valence-corrected chi connectivity index (χ0v) is 14.9. The fraction of sp³-hybridized carbons (Fsp3) is 0.842. The van der Waals surface area contributed by atoms with Crippen molar-refractivity contribution in [3.8, 4) is 0 Å². The second-order valence-electron chi connectivity index (χ2n) is 6.33. The van der Waals surface area contributed by atoms with Crippen molar-refractivity contribution >= 4 is 6.16 Å². The van der Waals surface area contributed by atoms with Gasteiger partial charge in [0.25, 0.3) is 0 Å². The minimum Gasteiger partial charge on any atom is -0.434 e. The third kappa shape index (κ3) is 17.1. The predicted molar refractivity (Wildman–Crippen MR) is 93.1 cm³/mol. The first-order valence-corrected chi connectivity index (χ1v) is 9.11. The summed E-state index contributed by atoms with van der Waals surface area (Å²) in [5.41, 5.74) is 0. The maximum absolute atomic E-state index is 11.2. The summed E-state index contributed by atoms with van der Waals surface area (Å²) in [5.74, 6) is 0.356. The fourth-order valence-electron chi connectivity index (χ4n) is 2.06. The van der Waals surface area contributed by atoms with Gasteiger partial charge >= 0.3 is 6.16 Å². The first-order chi connectivity index (χ1) is 10.7. The largest absolute Gasteiger partial charge is 0.508 e. The van der Waals surface area contributed by atoms with Gasteiger partial charge in [0.15, 0.2) is 0 Å². The molecule has 0 aromatic carbocycles. The van der Waals surface area contributed by atoms with Gasteiger partial charge in [-0.25, -0.2) is 4.79 Å². The summed E-state index contributed by atoms with van der Waals surface area (Å²) in [6.07, 6.45) is 16.3. The zero-order valence-electron chi connectivity index (χ0n) is 14.9. The molecule has 3 nitrogen and oxygen atoms in total. The van der Waals surface area contributed by atoms with E-state index in [1.165, 1.54) is 51.4 Å². The van der Waals surface area contributed by atoms with Gasteiger partial charge in [-0.15, -0.1) is 0 Å². The highest BCUT2D eigenvalue weighted by atomic mass is 16.7. The van der Waals surface area contributed by atoms with E-state index in [0.29, 0.717) is 19.1 Å². The van der Waals surface area contributed by atoms with Gasteiger partial charge in [0.1, 0.15) is 0 Å². The van der Waals surface area contributed by atoms with Gasteiger partial charge in [0, 0.05) is 0 Å². The molecule has 0 saturated carbocycles. The lowest BCUT2D eigenvalue weighted by Crippen LogP contribution is -2.12. The molecule has 3 heteroatoms. The summed E-state index contributed by atoms with van der Waals surface area (Å²) >= 11 is 0. The summed E-state index contributed by atoms with van der Waals surface area (Å²) in [5, 5.41) is 0. The number of rotatable bonds is 14. The maximum Gasteiger partial charge on any atom is 0.508 e. The van der Waals surface area contributed by atoms with Crippen molar-refractivity contribution in [2.75, 3.05) is 13.2 Å².